The summed E-state index contributed by atoms with van der Waals surface area (Å²) in [6.45, 7) is 0. The summed E-state index contributed by atoms with van der Waals surface area (Å²) in [5.74, 6) is 1.57. The highest BCUT2D eigenvalue weighted by atomic mass is 16.1. The van der Waals surface area contributed by atoms with Crippen molar-refractivity contribution in [1.82, 2.24) is 28.7 Å². The Morgan fingerprint density at radius 2 is 0.824 bits per heavy atom. The molecule has 0 atom stereocenters. The molecule has 0 saturated carbocycles. The van der Waals surface area contributed by atoms with Gasteiger partial charge in [0.25, 0.3) is 5.56 Å². The first kappa shape index (κ1) is 28.9. The van der Waals surface area contributed by atoms with Crippen molar-refractivity contribution in [3.8, 4) is 40.1 Å². The number of hydrogen-bond donors (Lipinski definition) is 0. The topological polar surface area (TPSA) is 70.5 Å². The third-order valence-corrected chi connectivity index (χ3v) is 9.50. The van der Waals surface area contributed by atoms with E-state index in [9.17, 15) is 0 Å². The van der Waals surface area contributed by atoms with Crippen LogP contribution < -0.4 is 5.56 Å². The van der Waals surface area contributed by atoms with Crippen molar-refractivity contribution in [2.24, 2.45) is 0 Å². The minimum Gasteiger partial charge on any atom is -0.307 e. The molecule has 0 aliphatic rings. The van der Waals surface area contributed by atoms with Gasteiger partial charge in [-0.15, -0.1) is 0 Å². The summed E-state index contributed by atoms with van der Waals surface area (Å²) < 4.78 is 6.18. The smallest absolute Gasteiger partial charge is 0.265 e. The van der Waals surface area contributed by atoms with E-state index < -0.39 is 0 Å². The largest absolute Gasteiger partial charge is 0.307 e. The number of rotatable bonds is 5. The average Bonchev–Trinajstić information content (AvgIpc) is 3.73. The Morgan fingerprint density at radius 3 is 1.39 bits per heavy atom. The van der Waals surface area contributed by atoms with Gasteiger partial charge in [0.2, 0.25) is 5.95 Å². The maximum atomic E-state index is 15.2. The van der Waals surface area contributed by atoms with E-state index in [0.717, 1.165) is 60.9 Å². The molecular weight excluding hydrogens is 629 g/mol. The summed E-state index contributed by atoms with van der Waals surface area (Å²) in [5.41, 5.74) is 7.58. The molecular formula is C44H28N6O. The van der Waals surface area contributed by atoms with E-state index in [2.05, 4.69) is 39.5 Å². The van der Waals surface area contributed by atoms with Crippen molar-refractivity contribution >= 4 is 43.7 Å². The van der Waals surface area contributed by atoms with Crippen LogP contribution in [0.15, 0.2) is 175 Å². The van der Waals surface area contributed by atoms with Gasteiger partial charge in [-0.25, -0.2) is 4.98 Å². The molecule has 0 amide bonds. The van der Waals surface area contributed by atoms with Crippen LogP contribution in [0.2, 0.25) is 0 Å². The maximum Gasteiger partial charge on any atom is 0.265 e. The molecule has 0 spiro atoms. The Morgan fingerprint density at radius 1 is 0.373 bits per heavy atom. The zero-order valence-electron chi connectivity index (χ0n) is 27.3. The molecule has 0 radical (unpaired) electrons. The zero-order valence-corrected chi connectivity index (χ0v) is 27.3. The van der Waals surface area contributed by atoms with Crippen LogP contribution in [0.25, 0.3) is 83.8 Å². The van der Waals surface area contributed by atoms with Gasteiger partial charge in [0.15, 0.2) is 11.6 Å². The van der Waals surface area contributed by atoms with Crippen molar-refractivity contribution in [1.29, 1.82) is 0 Å². The van der Waals surface area contributed by atoms with Gasteiger partial charge in [0.1, 0.15) is 0 Å². The Kier molecular flexibility index (Phi) is 6.50. The lowest BCUT2D eigenvalue weighted by molar-refractivity contribution is 0.950. The molecule has 7 heteroatoms. The van der Waals surface area contributed by atoms with Crippen LogP contribution in [0.5, 0.6) is 0 Å². The molecule has 4 heterocycles. The van der Waals surface area contributed by atoms with Crippen molar-refractivity contribution in [3.63, 3.8) is 0 Å². The van der Waals surface area contributed by atoms with Gasteiger partial charge < -0.3 is 4.57 Å². The lowest BCUT2D eigenvalue weighted by Gasteiger charge is -2.15. The highest BCUT2D eigenvalue weighted by Gasteiger charge is 2.28. The molecule has 0 unspecified atom stereocenters. The predicted octanol–water partition coefficient (Wildman–Crippen LogP) is 9.55. The number of fused-ring (bicyclic) bond motifs is 7. The zero-order chi connectivity index (χ0) is 33.9. The number of nitrogens with zero attached hydrogens (tertiary/aromatic N) is 6. The van der Waals surface area contributed by atoms with Crippen molar-refractivity contribution in [3.05, 3.63) is 180 Å². The summed E-state index contributed by atoms with van der Waals surface area (Å²) in [7, 11) is 0. The SMILES string of the molecule is O=c1c2c3ccccc3n(-c3ccccc3)c2c2c(c3ccccc3n2-c2nc(-c3ccccc3)nc(-c3ccccc3)n2)n1-c1ccccc1. The molecule has 0 fully saturated rings. The monoisotopic (exact) mass is 656 g/mol. The maximum absolute atomic E-state index is 15.2. The van der Waals surface area contributed by atoms with Crippen LogP contribution in [-0.4, -0.2) is 28.7 Å². The average molecular weight is 657 g/mol. The van der Waals surface area contributed by atoms with Crippen molar-refractivity contribution in [2.45, 2.75) is 0 Å². The molecule has 6 aromatic carbocycles. The Labute approximate surface area is 292 Å². The Hall–Kier alpha value is -7.12. The molecule has 0 saturated heterocycles. The third-order valence-electron chi connectivity index (χ3n) is 9.50. The molecule has 10 rings (SSSR count). The quantitative estimate of drug-likeness (QED) is 0.185. The molecule has 0 bridgehead atoms. The minimum atomic E-state index is -0.0944. The Bertz CT molecular complexity index is 2910. The third kappa shape index (κ3) is 4.45. The lowest BCUT2D eigenvalue weighted by Crippen LogP contribution is -2.19. The van der Waals surface area contributed by atoms with Crippen molar-refractivity contribution in [2.75, 3.05) is 0 Å². The Balaban J connectivity index is 1.47. The van der Waals surface area contributed by atoms with Crippen LogP contribution in [0.3, 0.4) is 0 Å². The molecule has 4 aromatic heterocycles. The molecule has 7 nitrogen and oxygen atoms in total. The molecule has 51 heavy (non-hydrogen) atoms. The van der Waals surface area contributed by atoms with Gasteiger partial charge >= 0.3 is 0 Å². The molecule has 240 valence electrons. The van der Waals surface area contributed by atoms with E-state index in [1.54, 1.807) is 0 Å². The van der Waals surface area contributed by atoms with E-state index >= 15 is 4.79 Å². The van der Waals surface area contributed by atoms with Gasteiger partial charge in [-0.3, -0.25) is 13.9 Å². The number of para-hydroxylation sites is 4. The molecule has 10 aromatic rings. The number of hydrogen-bond acceptors (Lipinski definition) is 4. The second-order valence-electron chi connectivity index (χ2n) is 12.5. The first-order chi connectivity index (χ1) is 25.3. The van der Waals surface area contributed by atoms with Gasteiger partial charge in [-0.05, 0) is 36.4 Å². The van der Waals surface area contributed by atoms with Crippen molar-refractivity contribution < 1.29 is 0 Å². The lowest BCUT2D eigenvalue weighted by atomic mass is 10.1. The standard InChI is InChI=1S/C44H28N6O/c51-43-37-33-25-13-15-27-35(33)48(31-21-9-3-10-22-31)39(37)40-38(49(43)32-23-11-4-12-24-32)34-26-14-16-28-36(34)50(40)44-46-41(29-17-5-1-6-18-29)45-42(47-44)30-19-7-2-8-20-30/h1-28H. The fraction of sp³-hybridized carbons (Fsp3) is 0. The first-order valence-corrected chi connectivity index (χ1v) is 16.9. The predicted molar refractivity (Wildman–Crippen MR) is 205 cm³/mol. The second kappa shape index (κ2) is 11.5. The molecule has 0 aliphatic carbocycles. The van der Waals surface area contributed by atoms with Crippen LogP contribution in [0.4, 0.5) is 0 Å². The van der Waals surface area contributed by atoms with E-state index in [-0.39, 0.29) is 5.56 Å². The normalized spacial score (nSPS) is 11.6. The van der Waals surface area contributed by atoms with Gasteiger partial charge in [0, 0.05) is 33.3 Å². The van der Waals surface area contributed by atoms with E-state index in [1.165, 1.54) is 0 Å². The highest BCUT2D eigenvalue weighted by Crippen LogP contribution is 2.40. The van der Waals surface area contributed by atoms with Gasteiger partial charge in [-0.2, -0.15) is 9.97 Å². The van der Waals surface area contributed by atoms with Crippen LogP contribution in [0.1, 0.15) is 0 Å². The number of pyridine rings is 1. The molecule has 0 N–H and O–H groups in total. The minimum absolute atomic E-state index is 0.0944. The molecule has 0 aliphatic heterocycles. The summed E-state index contributed by atoms with van der Waals surface area (Å²) in [6.07, 6.45) is 0. The highest BCUT2D eigenvalue weighted by molar-refractivity contribution is 6.22. The van der Waals surface area contributed by atoms with Crippen LogP contribution in [-0.2, 0) is 0 Å². The van der Waals surface area contributed by atoms with Gasteiger partial charge in [0.05, 0.1) is 33.0 Å². The first-order valence-electron chi connectivity index (χ1n) is 16.9. The van der Waals surface area contributed by atoms with Gasteiger partial charge in [-0.1, -0.05) is 133 Å². The van der Waals surface area contributed by atoms with Crippen LogP contribution >= 0.6 is 0 Å². The second-order valence-corrected chi connectivity index (χ2v) is 12.5. The fourth-order valence-corrected chi connectivity index (χ4v) is 7.33. The number of aromatic nitrogens is 6. The van der Waals surface area contributed by atoms with E-state index in [4.69, 9.17) is 15.0 Å². The van der Waals surface area contributed by atoms with E-state index in [0.29, 0.717) is 23.0 Å². The fourth-order valence-electron chi connectivity index (χ4n) is 7.33. The van der Waals surface area contributed by atoms with E-state index in [1.807, 2.05) is 144 Å². The summed E-state index contributed by atoms with van der Waals surface area (Å²) in [4.78, 5) is 30.6. The summed E-state index contributed by atoms with van der Waals surface area (Å²) >= 11 is 0. The summed E-state index contributed by atoms with van der Waals surface area (Å²) in [6, 6.07) is 56.4. The summed E-state index contributed by atoms with van der Waals surface area (Å²) in [5, 5.41) is 2.40. The number of benzene rings is 6. The van der Waals surface area contributed by atoms with Crippen LogP contribution in [0, 0.1) is 0 Å².